The Hall–Kier alpha value is -3.14. The molecule has 4 rings (SSSR count). The van der Waals surface area contributed by atoms with Crippen LogP contribution >= 0.6 is 0 Å². The molecule has 1 aliphatic heterocycles. The predicted molar refractivity (Wildman–Crippen MR) is 113 cm³/mol. The lowest BCUT2D eigenvalue weighted by Crippen LogP contribution is -2.16. The van der Waals surface area contributed by atoms with E-state index in [0.29, 0.717) is 13.2 Å². The van der Waals surface area contributed by atoms with Crippen molar-refractivity contribution < 1.29 is 18.9 Å². The third-order valence-electron chi connectivity index (χ3n) is 5.10. The van der Waals surface area contributed by atoms with Crippen LogP contribution in [0.2, 0.25) is 0 Å². The summed E-state index contributed by atoms with van der Waals surface area (Å²) in [7, 11) is 1.67. The van der Waals surface area contributed by atoms with Gasteiger partial charge in [-0.3, -0.25) is 0 Å². The normalized spacial score (nSPS) is 15.2. The van der Waals surface area contributed by atoms with Gasteiger partial charge >= 0.3 is 0 Å². The highest BCUT2D eigenvalue weighted by atomic mass is 16.5. The first-order valence-corrected chi connectivity index (χ1v) is 10.0. The molecule has 1 aliphatic rings. The Morgan fingerprint density at radius 1 is 0.931 bits per heavy atom. The maximum Gasteiger partial charge on any atom is 0.130 e. The summed E-state index contributed by atoms with van der Waals surface area (Å²) in [5, 5.41) is 0. The molecule has 29 heavy (non-hydrogen) atoms. The van der Waals surface area contributed by atoms with Crippen LogP contribution in [0.3, 0.4) is 0 Å². The molecule has 1 unspecified atom stereocenters. The van der Waals surface area contributed by atoms with Gasteiger partial charge in [0.1, 0.15) is 35.7 Å². The molecule has 4 heteroatoms. The van der Waals surface area contributed by atoms with Crippen LogP contribution in [-0.4, -0.2) is 13.7 Å². The van der Waals surface area contributed by atoms with Crippen LogP contribution in [0.5, 0.6) is 23.0 Å². The molecule has 0 fully saturated rings. The van der Waals surface area contributed by atoms with E-state index in [1.54, 1.807) is 7.11 Å². The van der Waals surface area contributed by atoms with Crippen molar-refractivity contribution in [2.24, 2.45) is 0 Å². The third kappa shape index (κ3) is 4.48. The van der Waals surface area contributed by atoms with E-state index in [-0.39, 0.29) is 6.10 Å². The molecule has 4 nitrogen and oxygen atoms in total. The van der Waals surface area contributed by atoms with Crippen molar-refractivity contribution in [2.45, 2.75) is 32.5 Å². The first-order chi connectivity index (χ1) is 14.3. The summed E-state index contributed by atoms with van der Waals surface area (Å²) in [6, 6.07) is 22.2. The van der Waals surface area contributed by atoms with Crippen LogP contribution in [0.15, 0.2) is 66.7 Å². The van der Waals surface area contributed by atoms with E-state index < -0.39 is 0 Å². The number of aryl methyl sites for hydroxylation is 1. The molecular weight excluding hydrogens is 364 g/mol. The van der Waals surface area contributed by atoms with Gasteiger partial charge in [0, 0.05) is 17.7 Å². The van der Waals surface area contributed by atoms with E-state index in [4.69, 9.17) is 18.9 Å². The zero-order valence-corrected chi connectivity index (χ0v) is 16.9. The largest absolute Gasteiger partial charge is 0.497 e. The summed E-state index contributed by atoms with van der Waals surface area (Å²) < 4.78 is 23.6. The van der Waals surface area contributed by atoms with Crippen molar-refractivity contribution in [1.82, 2.24) is 0 Å². The fourth-order valence-electron chi connectivity index (χ4n) is 3.59. The lowest BCUT2D eigenvalue weighted by molar-refractivity contribution is 0.168. The first kappa shape index (κ1) is 19.2. The first-order valence-electron chi connectivity index (χ1n) is 10.0. The Balaban J connectivity index is 1.60. The van der Waals surface area contributed by atoms with Gasteiger partial charge in [-0.1, -0.05) is 36.4 Å². The summed E-state index contributed by atoms with van der Waals surface area (Å²) in [6.07, 6.45) is 1.78. The van der Waals surface area contributed by atoms with Gasteiger partial charge in [0.2, 0.25) is 0 Å². The van der Waals surface area contributed by atoms with Gasteiger partial charge in [-0.25, -0.2) is 0 Å². The summed E-state index contributed by atoms with van der Waals surface area (Å²) >= 11 is 0. The van der Waals surface area contributed by atoms with E-state index in [2.05, 4.69) is 24.3 Å². The second kappa shape index (κ2) is 8.91. The van der Waals surface area contributed by atoms with E-state index >= 15 is 0 Å². The molecule has 0 saturated carbocycles. The van der Waals surface area contributed by atoms with Crippen molar-refractivity contribution in [3.63, 3.8) is 0 Å². The highest BCUT2D eigenvalue weighted by Gasteiger charge is 2.25. The summed E-state index contributed by atoms with van der Waals surface area (Å²) in [4.78, 5) is 0. The Bertz CT molecular complexity index is 952. The molecule has 0 saturated heterocycles. The molecule has 0 bridgehead atoms. The van der Waals surface area contributed by atoms with Crippen molar-refractivity contribution in [3.05, 3.63) is 83.4 Å². The van der Waals surface area contributed by atoms with E-state index in [0.717, 1.165) is 47.0 Å². The second-order valence-corrected chi connectivity index (χ2v) is 7.03. The Labute approximate surface area is 172 Å². The van der Waals surface area contributed by atoms with E-state index in [9.17, 15) is 0 Å². The molecule has 0 aliphatic carbocycles. The lowest BCUT2D eigenvalue weighted by atomic mass is 9.96. The van der Waals surface area contributed by atoms with Crippen LogP contribution in [0.1, 0.15) is 36.1 Å². The number of fused-ring (bicyclic) bond motifs is 1. The van der Waals surface area contributed by atoms with Crippen molar-refractivity contribution >= 4 is 0 Å². The Morgan fingerprint density at radius 2 is 1.76 bits per heavy atom. The van der Waals surface area contributed by atoms with Gasteiger partial charge in [0.05, 0.1) is 13.7 Å². The summed E-state index contributed by atoms with van der Waals surface area (Å²) in [5.41, 5.74) is 3.37. The molecule has 0 spiro atoms. The molecule has 0 aromatic heterocycles. The predicted octanol–water partition coefficient (Wildman–Crippen LogP) is 5.74. The second-order valence-electron chi connectivity index (χ2n) is 7.03. The van der Waals surface area contributed by atoms with Crippen LogP contribution in [0.25, 0.3) is 0 Å². The van der Waals surface area contributed by atoms with Gasteiger partial charge in [0.25, 0.3) is 0 Å². The molecule has 0 amide bonds. The lowest BCUT2D eigenvalue weighted by Gasteiger charge is -2.28. The molecule has 3 aromatic carbocycles. The minimum Gasteiger partial charge on any atom is -0.497 e. The van der Waals surface area contributed by atoms with Crippen LogP contribution < -0.4 is 18.9 Å². The average Bonchev–Trinajstić information content (AvgIpc) is 2.78. The summed E-state index contributed by atoms with van der Waals surface area (Å²) in [5.74, 6) is 3.29. The fraction of sp³-hybridized carbons (Fsp3) is 0.280. The molecule has 1 atom stereocenters. The quantitative estimate of drug-likeness (QED) is 0.515. The fourth-order valence-corrected chi connectivity index (χ4v) is 3.59. The molecule has 1 heterocycles. The molecular formula is C25H26O4. The molecule has 3 aromatic rings. The zero-order valence-electron chi connectivity index (χ0n) is 16.9. The number of methoxy groups -OCH3 is 1. The average molecular weight is 390 g/mol. The van der Waals surface area contributed by atoms with Gasteiger partial charge in [0.15, 0.2) is 0 Å². The van der Waals surface area contributed by atoms with Crippen molar-refractivity contribution in [2.75, 3.05) is 13.7 Å². The topological polar surface area (TPSA) is 36.9 Å². The highest BCUT2D eigenvalue weighted by Crippen LogP contribution is 2.41. The van der Waals surface area contributed by atoms with Crippen LogP contribution in [-0.2, 0) is 13.0 Å². The maximum atomic E-state index is 6.35. The standard InChI is InChI=1S/C25H26O4/c1-3-27-21-12-13-22(25(16-21)28-17-18-7-5-4-6-8-18)23-14-10-19-9-11-20(26-2)15-24(19)29-23/h4-9,11-13,15-16,23H,3,10,14,17H2,1-2H3. The van der Waals surface area contributed by atoms with E-state index in [1.807, 2.05) is 49.4 Å². The Morgan fingerprint density at radius 3 is 2.55 bits per heavy atom. The minimum absolute atomic E-state index is 0.0731. The van der Waals surface area contributed by atoms with Crippen LogP contribution in [0, 0.1) is 0 Å². The maximum absolute atomic E-state index is 6.35. The van der Waals surface area contributed by atoms with Crippen LogP contribution in [0.4, 0.5) is 0 Å². The number of ether oxygens (including phenoxy) is 4. The minimum atomic E-state index is -0.0731. The van der Waals surface area contributed by atoms with Gasteiger partial charge in [-0.05, 0) is 49.1 Å². The van der Waals surface area contributed by atoms with Gasteiger partial charge in [-0.15, -0.1) is 0 Å². The molecule has 0 N–H and O–H groups in total. The highest BCUT2D eigenvalue weighted by molar-refractivity contribution is 5.46. The molecule has 0 radical (unpaired) electrons. The third-order valence-corrected chi connectivity index (χ3v) is 5.10. The van der Waals surface area contributed by atoms with Gasteiger partial charge < -0.3 is 18.9 Å². The van der Waals surface area contributed by atoms with Gasteiger partial charge in [-0.2, -0.15) is 0 Å². The monoisotopic (exact) mass is 390 g/mol. The smallest absolute Gasteiger partial charge is 0.130 e. The van der Waals surface area contributed by atoms with Crippen molar-refractivity contribution in [3.8, 4) is 23.0 Å². The van der Waals surface area contributed by atoms with E-state index in [1.165, 1.54) is 5.56 Å². The van der Waals surface area contributed by atoms with Crippen molar-refractivity contribution in [1.29, 1.82) is 0 Å². The number of hydrogen-bond donors (Lipinski definition) is 0. The number of benzene rings is 3. The SMILES string of the molecule is CCOc1ccc(C2CCc3ccc(OC)cc3O2)c(OCc2ccccc2)c1. The molecule has 150 valence electrons. The number of rotatable bonds is 7. The Kier molecular flexibility index (Phi) is 5.89. The zero-order chi connectivity index (χ0) is 20.1. The summed E-state index contributed by atoms with van der Waals surface area (Å²) in [6.45, 7) is 3.10. The number of hydrogen-bond acceptors (Lipinski definition) is 4.